The molecular weight excluding hydrogens is 455 g/mol. The zero-order chi connectivity index (χ0) is 24.0. The van der Waals surface area contributed by atoms with Gasteiger partial charge in [-0.2, -0.15) is 0 Å². The SMILES string of the molecule is CCCN(C)C(CCN1CCC(Oc2cccc(Cl)c2)CC1)C1(c2ccc(F)cc2)OCCO1. The number of piperidine rings is 1. The summed E-state index contributed by atoms with van der Waals surface area (Å²) in [6, 6.07) is 14.2. The van der Waals surface area contributed by atoms with Crippen molar-refractivity contribution in [3.63, 3.8) is 0 Å². The summed E-state index contributed by atoms with van der Waals surface area (Å²) in [4.78, 5) is 4.83. The molecule has 2 aliphatic rings. The van der Waals surface area contributed by atoms with Crippen LogP contribution in [0.3, 0.4) is 0 Å². The number of likely N-dealkylation sites (N-methyl/N-ethyl adjacent to an activating group) is 1. The number of ether oxygens (including phenoxy) is 3. The predicted octanol–water partition coefficient (Wildman–Crippen LogP) is 5.32. The zero-order valence-corrected chi connectivity index (χ0v) is 21.0. The van der Waals surface area contributed by atoms with Gasteiger partial charge in [-0.05, 0) is 76.2 Å². The summed E-state index contributed by atoms with van der Waals surface area (Å²) in [6.45, 7) is 7.12. The summed E-state index contributed by atoms with van der Waals surface area (Å²) in [5.74, 6) is -0.284. The predicted molar refractivity (Wildman–Crippen MR) is 133 cm³/mol. The van der Waals surface area contributed by atoms with E-state index < -0.39 is 5.79 Å². The molecule has 0 aromatic heterocycles. The quantitative estimate of drug-likeness (QED) is 0.450. The molecule has 2 saturated heterocycles. The average Bonchev–Trinajstić information content (AvgIpc) is 3.32. The highest BCUT2D eigenvalue weighted by Gasteiger charge is 2.47. The van der Waals surface area contributed by atoms with Gasteiger partial charge in [0.1, 0.15) is 17.7 Å². The fraction of sp³-hybridized carbons (Fsp3) is 0.556. The lowest BCUT2D eigenvalue weighted by Crippen LogP contribution is -2.52. The topological polar surface area (TPSA) is 34.2 Å². The van der Waals surface area contributed by atoms with E-state index >= 15 is 0 Å². The highest BCUT2D eigenvalue weighted by Crippen LogP contribution is 2.39. The van der Waals surface area contributed by atoms with Crippen LogP contribution in [0.25, 0.3) is 0 Å². The lowest BCUT2D eigenvalue weighted by atomic mass is 9.93. The monoisotopic (exact) mass is 490 g/mol. The molecule has 2 aromatic rings. The van der Waals surface area contributed by atoms with Crippen LogP contribution < -0.4 is 4.74 Å². The molecule has 2 heterocycles. The van der Waals surface area contributed by atoms with Gasteiger partial charge in [-0.25, -0.2) is 4.39 Å². The summed E-state index contributed by atoms with van der Waals surface area (Å²) in [5, 5.41) is 0.698. The first-order valence-corrected chi connectivity index (χ1v) is 12.8. The van der Waals surface area contributed by atoms with Crippen molar-refractivity contribution in [2.75, 3.05) is 46.4 Å². The Kier molecular flexibility index (Phi) is 8.83. The number of nitrogens with zero attached hydrogens (tertiary/aromatic N) is 2. The number of likely N-dealkylation sites (tertiary alicyclic amines) is 1. The molecule has 0 saturated carbocycles. The van der Waals surface area contributed by atoms with Crippen LogP contribution in [0.1, 0.15) is 38.2 Å². The number of hydrogen-bond acceptors (Lipinski definition) is 5. The molecule has 0 spiro atoms. The Balaban J connectivity index is 1.39. The van der Waals surface area contributed by atoms with Gasteiger partial charge in [0.15, 0.2) is 0 Å². The van der Waals surface area contributed by atoms with Gasteiger partial charge in [-0.1, -0.05) is 36.7 Å². The molecule has 34 heavy (non-hydrogen) atoms. The van der Waals surface area contributed by atoms with Crippen molar-refractivity contribution in [1.82, 2.24) is 9.80 Å². The standard InChI is InChI=1S/C27H36ClFN2O3/c1-3-14-30(2)26(27(32-18-19-33-27)21-7-9-23(29)10-8-21)13-17-31-15-11-24(12-16-31)34-25-6-4-5-22(28)20-25/h4-10,20,24,26H,3,11-19H2,1-2H3. The first-order chi connectivity index (χ1) is 16.5. The number of rotatable bonds is 10. The Hall–Kier alpha value is -1.70. The minimum atomic E-state index is -0.869. The normalized spacial score (nSPS) is 20.0. The lowest BCUT2D eigenvalue weighted by molar-refractivity contribution is -0.211. The minimum Gasteiger partial charge on any atom is -0.490 e. The van der Waals surface area contributed by atoms with Gasteiger partial charge < -0.3 is 19.1 Å². The van der Waals surface area contributed by atoms with Gasteiger partial charge in [-0.15, -0.1) is 0 Å². The van der Waals surface area contributed by atoms with Crippen LogP contribution in [0.15, 0.2) is 48.5 Å². The van der Waals surface area contributed by atoms with E-state index in [1.807, 2.05) is 24.3 Å². The van der Waals surface area contributed by atoms with E-state index in [1.165, 1.54) is 12.1 Å². The van der Waals surface area contributed by atoms with Crippen LogP contribution in [-0.2, 0) is 15.3 Å². The van der Waals surface area contributed by atoms with Crippen LogP contribution in [0.4, 0.5) is 4.39 Å². The number of hydrogen-bond donors (Lipinski definition) is 0. The Morgan fingerprint density at radius 1 is 1.15 bits per heavy atom. The first-order valence-electron chi connectivity index (χ1n) is 12.4. The van der Waals surface area contributed by atoms with Gasteiger partial charge in [0.2, 0.25) is 5.79 Å². The van der Waals surface area contributed by atoms with Crippen LogP contribution in [0, 0.1) is 5.82 Å². The maximum absolute atomic E-state index is 13.6. The summed E-state index contributed by atoms with van der Waals surface area (Å²) in [6.07, 6.45) is 4.11. The molecule has 4 rings (SSSR count). The van der Waals surface area contributed by atoms with E-state index in [0.29, 0.717) is 18.2 Å². The third-order valence-corrected chi connectivity index (χ3v) is 7.10. The second-order valence-electron chi connectivity index (χ2n) is 9.27. The third-order valence-electron chi connectivity index (χ3n) is 6.86. The van der Waals surface area contributed by atoms with Gasteiger partial charge in [0.25, 0.3) is 0 Å². The third kappa shape index (κ3) is 6.10. The first kappa shape index (κ1) is 25.4. The van der Waals surface area contributed by atoms with Crippen LogP contribution in [-0.4, -0.2) is 68.4 Å². The van der Waals surface area contributed by atoms with Crippen LogP contribution in [0.5, 0.6) is 5.75 Å². The average molecular weight is 491 g/mol. The Morgan fingerprint density at radius 2 is 1.85 bits per heavy atom. The van der Waals surface area contributed by atoms with Crippen molar-refractivity contribution >= 4 is 11.6 Å². The van der Waals surface area contributed by atoms with Crippen LogP contribution >= 0.6 is 11.6 Å². The van der Waals surface area contributed by atoms with Crippen molar-refractivity contribution in [3.8, 4) is 5.75 Å². The second kappa shape index (κ2) is 11.8. The van der Waals surface area contributed by atoms with Gasteiger partial charge in [0, 0.05) is 23.7 Å². The van der Waals surface area contributed by atoms with Gasteiger partial charge >= 0.3 is 0 Å². The molecule has 0 amide bonds. The summed E-state index contributed by atoms with van der Waals surface area (Å²) in [5.41, 5.74) is 0.882. The Bertz CT molecular complexity index is 899. The summed E-state index contributed by atoms with van der Waals surface area (Å²) < 4.78 is 32.4. The molecule has 2 aromatic carbocycles. The lowest BCUT2D eigenvalue weighted by Gasteiger charge is -2.42. The Labute approximate surface area is 207 Å². The van der Waals surface area contributed by atoms with Crippen molar-refractivity contribution < 1.29 is 18.6 Å². The molecule has 5 nitrogen and oxygen atoms in total. The molecule has 0 radical (unpaired) electrons. The number of benzene rings is 2. The van der Waals surface area contributed by atoms with E-state index in [4.69, 9.17) is 25.8 Å². The highest BCUT2D eigenvalue weighted by atomic mass is 35.5. The molecule has 2 aliphatic heterocycles. The van der Waals surface area contributed by atoms with Gasteiger partial charge in [-0.3, -0.25) is 4.90 Å². The molecule has 0 aliphatic carbocycles. The smallest absolute Gasteiger partial charge is 0.211 e. The van der Waals surface area contributed by atoms with E-state index in [2.05, 4.69) is 23.8 Å². The molecule has 1 atom stereocenters. The van der Waals surface area contributed by atoms with E-state index in [9.17, 15) is 4.39 Å². The van der Waals surface area contributed by atoms with Crippen molar-refractivity contribution in [3.05, 3.63) is 64.9 Å². The van der Waals surface area contributed by atoms with Crippen molar-refractivity contribution in [2.45, 2.75) is 50.5 Å². The maximum atomic E-state index is 13.6. The maximum Gasteiger partial charge on any atom is 0.211 e. The van der Waals surface area contributed by atoms with E-state index in [1.54, 1.807) is 12.1 Å². The molecule has 1 unspecified atom stereocenters. The zero-order valence-electron chi connectivity index (χ0n) is 20.2. The van der Waals surface area contributed by atoms with Crippen molar-refractivity contribution in [1.29, 1.82) is 0 Å². The fourth-order valence-corrected chi connectivity index (χ4v) is 5.34. The molecule has 0 bridgehead atoms. The second-order valence-corrected chi connectivity index (χ2v) is 9.71. The largest absolute Gasteiger partial charge is 0.490 e. The molecule has 2 fully saturated rings. The molecular formula is C27H36ClFN2O3. The minimum absolute atomic E-state index is 0.0286. The summed E-state index contributed by atoms with van der Waals surface area (Å²) in [7, 11) is 2.13. The van der Waals surface area contributed by atoms with E-state index in [0.717, 1.165) is 63.2 Å². The molecule has 186 valence electrons. The molecule has 7 heteroatoms. The van der Waals surface area contributed by atoms with E-state index in [-0.39, 0.29) is 18.0 Å². The fourth-order valence-electron chi connectivity index (χ4n) is 5.16. The van der Waals surface area contributed by atoms with Gasteiger partial charge in [0.05, 0.1) is 19.3 Å². The molecule has 0 N–H and O–H groups in total. The Morgan fingerprint density at radius 3 is 2.50 bits per heavy atom. The van der Waals surface area contributed by atoms with Crippen molar-refractivity contribution in [2.24, 2.45) is 0 Å². The summed E-state index contributed by atoms with van der Waals surface area (Å²) >= 11 is 6.09. The van der Waals surface area contributed by atoms with Crippen LogP contribution in [0.2, 0.25) is 5.02 Å². The number of halogens is 2. The highest BCUT2D eigenvalue weighted by molar-refractivity contribution is 6.30.